The van der Waals surface area contributed by atoms with Gasteiger partial charge < -0.3 is 9.47 Å². The molecule has 0 aliphatic heterocycles. The second-order valence-corrected chi connectivity index (χ2v) is 3.71. The lowest BCUT2D eigenvalue weighted by Crippen LogP contribution is -2.10. The van der Waals surface area contributed by atoms with Crippen LogP contribution in [0.3, 0.4) is 0 Å². The zero-order chi connectivity index (χ0) is 11.8. The van der Waals surface area contributed by atoms with E-state index in [1.807, 2.05) is 6.92 Å². The molecule has 0 fully saturated rings. The Morgan fingerprint density at radius 1 is 1.38 bits per heavy atom. The van der Waals surface area contributed by atoms with Gasteiger partial charge in [-0.05, 0) is 24.6 Å². The monoisotopic (exact) mass is 242 g/mol. The van der Waals surface area contributed by atoms with Crippen molar-refractivity contribution in [3.05, 3.63) is 29.3 Å². The van der Waals surface area contributed by atoms with Crippen molar-refractivity contribution in [3.8, 4) is 5.75 Å². The van der Waals surface area contributed by atoms with Crippen molar-refractivity contribution in [2.45, 2.75) is 19.8 Å². The van der Waals surface area contributed by atoms with Gasteiger partial charge in [-0.1, -0.05) is 24.6 Å². The summed E-state index contributed by atoms with van der Waals surface area (Å²) in [5.74, 6) is 0.430. The van der Waals surface area contributed by atoms with Crippen LogP contribution in [-0.2, 0) is 9.53 Å². The number of hydrogen-bond donors (Lipinski definition) is 0. The van der Waals surface area contributed by atoms with Crippen LogP contribution in [0, 0.1) is 0 Å². The van der Waals surface area contributed by atoms with Crippen molar-refractivity contribution in [1.82, 2.24) is 0 Å². The average Bonchev–Trinajstić information content (AvgIpc) is 2.26. The Hall–Kier alpha value is -1.22. The summed E-state index contributed by atoms with van der Waals surface area (Å²) in [5, 5.41) is 0.617. The second-order valence-electron chi connectivity index (χ2n) is 3.28. The van der Waals surface area contributed by atoms with Gasteiger partial charge >= 0.3 is 5.97 Å². The predicted molar refractivity (Wildman–Crippen MR) is 62.8 cm³/mol. The third-order valence-electron chi connectivity index (χ3n) is 1.84. The molecule has 88 valence electrons. The molecule has 0 aromatic heterocycles. The fourth-order valence-electron chi connectivity index (χ4n) is 1.10. The molecule has 1 aromatic rings. The molecule has 3 nitrogen and oxygen atoms in total. The molecule has 1 aromatic carbocycles. The smallest absolute Gasteiger partial charge is 0.309 e. The summed E-state index contributed by atoms with van der Waals surface area (Å²) < 4.78 is 10.3. The Morgan fingerprint density at radius 3 is 2.88 bits per heavy atom. The molecular formula is C12H15ClO3. The lowest BCUT2D eigenvalue weighted by molar-refractivity contribution is -0.144. The third kappa shape index (κ3) is 5.03. The number of hydrogen-bond acceptors (Lipinski definition) is 3. The first-order valence-corrected chi connectivity index (χ1v) is 5.64. The van der Waals surface area contributed by atoms with Crippen LogP contribution < -0.4 is 4.74 Å². The van der Waals surface area contributed by atoms with Crippen LogP contribution in [-0.4, -0.2) is 19.2 Å². The fourth-order valence-corrected chi connectivity index (χ4v) is 1.28. The summed E-state index contributed by atoms with van der Waals surface area (Å²) >= 11 is 5.78. The molecule has 0 N–H and O–H groups in total. The predicted octanol–water partition coefficient (Wildman–Crippen LogP) is 3.06. The first-order chi connectivity index (χ1) is 7.72. The zero-order valence-electron chi connectivity index (χ0n) is 9.24. The number of ether oxygens (including phenoxy) is 2. The lowest BCUT2D eigenvalue weighted by Gasteiger charge is -2.06. The van der Waals surface area contributed by atoms with Crippen molar-refractivity contribution in [1.29, 1.82) is 0 Å². The topological polar surface area (TPSA) is 35.5 Å². The molecule has 0 amide bonds. The fraction of sp³-hybridized carbons (Fsp3) is 0.417. The quantitative estimate of drug-likeness (QED) is 0.720. The average molecular weight is 243 g/mol. The van der Waals surface area contributed by atoms with Gasteiger partial charge in [0.15, 0.2) is 0 Å². The van der Waals surface area contributed by atoms with Crippen LogP contribution in [0.25, 0.3) is 0 Å². The van der Waals surface area contributed by atoms with E-state index in [0.29, 0.717) is 24.0 Å². The normalized spacial score (nSPS) is 9.88. The van der Waals surface area contributed by atoms with E-state index >= 15 is 0 Å². The molecule has 1 rings (SSSR count). The molecule has 0 bridgehead atoms. The molecule has 0 saturated heterocycles. The van der Waals surface area contributed by atoms with Crippen LogP contribution in [0.2, 0.25) is 5.02 Å². The zero-order valence-corrected chi connectivity index (χ0v) is 10.00. The van der Waals surface area contributed by atoms with E-state index in [4.69, 9.17) is 21.1 Å². The van der Waals surface area contributed by atoms with Gasteiger partial charge in [-0.2, -0.15) is 0 Å². The SMILES string of the molecule is CCCOC(=O)CCOc1cccc(Cl)c1. The summed E-state index contributed by atoms with van der Waals surface area (Å²) in [6, 6.07) is 7.07. The molecule has 0 radical (unpaired) electrons. The van der Waals surface area contributed by atoms with Crippen molar-refractivity contribution in [2.24, 2.45) is 0 Å². The van der Waals surface area contributed by atoms with Crippen LogP contribution in [0.4, 0.5) is 0 Å². The summed E-state index contributed by atoms with van der Waals surface area (Å²) in [7, 11) is 0. The molecule has 0 unspecified atom stereocenters. The molecule has 0 spiro atoms. The van der Waals surface area contributed by atoms with E-state index in [1.165, 1.54) is 0 Å². The second kappa shape index (κ2) is 7.12. The van der Waals surface area contributed by atoms with Gasteiger partial charge in [0.25, 0.3) is 0 Å². The standard InChI is InChI=1S/C12H15ClO3/c1-2-7-16-12(14)6-8-15-11-5-3-4-10(13)9-11/h3-5,9H,2,6-8H2,1H3. The van der Waals surface area contributed by atoms with E-state index in [0.717, 1.165) is 6.42 Å². The first kappa shape index (κ1) is 12.8. The van der Waals surface area contributed by atoms with Crippen LogP contribution >= 0.6 is 11.6 Å². The number of carbonyl (C=O) groups is 1. The Balaban J connectivity index is 2.22. The van der Waals surface area contributed by atoms with Gasteiger partial charge in [0.2, 0.25) is 0 Å². The van der Waals surface area contributed by atoms with Crippen molar-refractivity contribution in [2.75, 3.05) is 13.2 Å². The maximum absolute atomic E-state index is 11.1. The Kier molecular flexibility index (Phi) is 5.72. The number of carbonyl (C=O) groups excluding carboxylic acids is 1. The van der Waals surface area contributed by atoms with Gasteiger partial charge in [0, 0.05) is 5.02 Å². The minimum Gasteiger partial charge on any atom is -0.493 e. The van der Waals surface area contributed by atoms with Crippen LogP contribution in [0.5, 0.6) is 5.75 Å². The molecule has 4 heteroatoms. The minimum atomic E-state index is -0.233. The molecule has 0 atom stereocenters. The van der Waals surface area contributed by atoms with E-state index in [-0.39, 0.29) is 12.4 Å². The highest BCUT2D eigenvalue weighted by atomic mass is 35.5. The Bertz CT molecular complexity index is 339. The van der Waals surface area contributed by atoms with E-state index < -0.39 is 0 Å². The van der Waals surface area contributed by atoms with Crippen molar-refractivity contribution in [3.63, 3.8) is 0 Å². The van der Waals surface area contributed by atoms with Gasteiger partial charge in [0.1, 0.15) is 5.75 Å². The number of halogens is 1. The number of rotatable bonds is 6. The van der Waals surface area contributed by atoms with E-state index in [1.54, 1.807) is 24.3 Å². The summed E-state index contributed by atoms with van der Waals surface area (Å²) in [6.07, 6.45) is 1.09. The van der Waals surface area contributed by atoms with E-state index in [2.05, 4.69) is 0 Å². The maximum Gasteiger partial charge on any atom is 0.309 e. The summed E-state index contributed by atoms with van der Waals surface area (Å²) in [5.41, 5.74) is 0. The molecular weight excluding hydrogens is 228 g/mol. The Labute approximate surface area is 100 Å². The highest BCUT2D eigenvalue weighted by Crippen LogP contribution is 2.17. The summed E-state index contributed by atoms with van der Waals surface area (Å²) in [6.45, 7) is 2.73. The van der Waals surface area contributed by atoms with Gasteiger partial charge in [-0.3, -0.25) is 4.79 Å². The van der Waals surface area contributed by atoms with Gasteiger partial charge in [0.05, 0.1) is 19.6 Å². The first-order valence-electron chi connectivity index (χ1n) is 5.26. The highest BCUT2D eigenvalue weighted by molar-refractivity contribution is 6.30. The third-order valence-corrected chi connectivity index (χ3v) is 2.07. The van der Waals surface area contributed by atoms with E-state index in [9.17, 15) is 4.79 Å². The molecule has 0 aliphatic rings. The lowest BCUT2D eigenvalue weighted by atomic mass is 10.3. The van der Waals surface area contributed by atoms with Crippen molar-refractivity contribution < 1.29 is 14.3 Å². The molecule has 0 aliphatic carbocycles. The molecule has 0 heterocycles. The molecule has 0 saturated carbocycles. The number of esters is 1. The van der Waals surface area contributed by atoms with Gasteiger partial charge in [-0.15, -0.1) is 0 Å². The largest absolute Gasteiger partial charge is 0.493 e. The minimum absolute atomic E-state index is 0.233. The van der Waals surface area contributed by atoms with Crippen LogP contribution in [0.15, 0.2) is 24.3 Å². The number of benzene rings is 1. The van der Waals surface area contributed by atoms with Crippen LogP contribution in [0.1, 0.15) is 19.8 Å². The summed E-state index contributed by atoms with van der Waals surface area (Å²) in [4.78, 5) is 11.1. The Morgan fingerprint density at radius 2 is 2.19 bits per heavy atom. The highest BCUT2D eigenvalue weighted by Gasteiger charge is 2.02. The van der Waals surface area contributed by atoms with Gasteiger partial charge in [-0.25, -0.2) is 0 Å². The maximum atomic E-state index is 11.1. The molecule has 16 heavy (non-hydrogen) atoms. The van der Waals surface area contributed by atoms with Crippen molar-refractivity contribution >= 4 is 17.6 Å².